The minimum Gasteiger partial charge on any atom is -0.345 e. The Kier molecular flexibility index (Phi) is 4.52. The highest BCUT2D eigenvalue weighted by molar-refractivity contribution is 5.76. The predicted octanol–water partition coefficient (Wildman–Crippen LogP) is 0.898. The topological polar surface area (TPSA) is 81.8 Å². The lowest BCUT2D eigenvalue weighted by atomic mass is 10.2. The molecule has 2 heterocycles. The molecule has 0 aromatic carbocycles. The maximum atomic E-state index is 12.0. The van der Waals surface area contributed by atoms with E-state index in [0.29, 0.717) is 5.82 Å². The number of aromatic nitrogens is 4. The largest absolute Gasteiger partial charge is 0.345 e. The van der Waals surface area contributed by atoms with Gasteiger partial charge in [0.15, 0.2) is 5.82 Å². The molecular weight excluding hydrogens is 270 g/mol. The summed E-state index contributed by atoms with van der Waals surface area (Å²) in [5.74, 6) is 0.452. The third kappa shape index (κ3) is 3.56. The molecule has 1 N–H and O–H groups in total. The van der Waals surface area contributed by atoms with Gasteiger partial charge in [0.2, 0.25) is 5.91 Å². The molecule has 2 rings (SSSR count). The van der Waals surface area contributed by atoms with Gasteiger partial charge in [0.1, 0.15) is 12.9 Å². The number of hydrogen-bond donors (Lipinski definition) is 1. The summed E-state index contributed by atoms with van der Waals surface area (Å²) in [4.78, 5) is 23.6. The van der Waals surface area contributed by atoms with E-state index < -0.39 is 0 Å². The van der Waals surface area contributed by atoms with E-state index in [9.17, 15) is 9.59 Å². The van der Waals surface area contributed by atoms with Crippen molar-refractivity contribution in [3.8, 4) is 0 Å². The second kappa shape index (κ2) is 6.34. The monoisotopic (exact) mass is 289 g/mol. The summed E-state index contributed by atoms with van der Waals surface area (Å²) < 4.78 is 3.26. The van der Waals surface area contributed by atoms with Crippen molar-refractivity contribution in [2.24, 2.45) is 0 Å². The molecule has 21 heavy (non-hydrogen) atoms. The normalized spacial score (nSPS) is 12.4. The van der Waals surface area contributed by atoms with Gasteiger partial charge in [-0.3, -0.25) is 9.59 Å². The van der Waals surface area contributed by atoms with Gasteiger partial charge < -0.3 is 14.5 Å². The van der Waals surface area contributed by atoms with Crippen molar-refractivity contribution in [2.45, 2.75) is 39.4 Å². The van der Waals surface area contributed by atoms with E-state index in [1.54, 1.807) is 24.7 Å². The van der Waals surface area contributed by atoms with E-state index >= 15 is 0 Å². The number of hydrogen-bond acceptors (Lipinski definition) is 4. The number of nitrogens with one attached hydrogen (secondary N) is 1. The fourth-order valence-corrected chi connectivity index (χ4v) is 2.06. The van der Waals surface area contributed by atoms with Crippen molar-refractivity contribution in [3.05, 3.63) is 46.9 Å². The van der Waals surface area contributed by atoms with Crippen molar-refractivity contribution in [2.75, 3.05) is 0 Å². The molecular formula is C14H19N5O2. The van der Waals surface area contributed by atoms with Crippen LogP contribution >= 0.6 is 0 Å². The van der Waals surface area contributed by atoms with Gasteiger partial charge >= 0.3 is 0 Å². The van der Waals surface area contributed by atoms with E-state index in [2.05, 4.69) is 15.5 Å². The van der Waals surface area contributed by atoms with Crippen LogP contribution in [0.25, 0.3) is 0 Å². The van der Waals surface area contributed by atoms with Crippen molar-refractivity contribution >= 4 is 5.91 Å². The third-order valence-electron chi connectivity index (χ3n) is 3.13. The lowest BCUT2D eigenvalue weighted by Gasteiger charge is -2.17. The molecule has 0 spiro atoms. The maximum Gasteiger partial charge on any atom is 0.250 e. The first-order valence-corrected chi connectivity index (χ1v) is 6.83. The molecule has 1 atom stereocenters. The fourth-order valence-electron chi connectivity index (χ4n) is 2.06. The highest BCUT2D eigenvalue weighted by Crippen LogP contribution is 2.13. The first-order valence-electron chi connectivity index (χ1n) is 6.83. The summed E-state index contributed by atoms with van der Waals surface area (Å²) in [6.45, 7) is 5.87. The van der Waals surface area contributed by atoms with Crippen molar-refractivity contribution in [3.63, 3.8) is 0 Å². The highest BCUT2D eigenvalue weighted by Gasteiger charge is 2.17. The molecule has 7 heteroatoms. The Morgan fingerprint density at radius 1 is 1.33 bits per heavy atom. The molecule has 2 aromatic heterocycles. The van der Waals surface area contributed by atoms with Crippen LogP contribution in [-0.4, -0.2) is 25.2 Å². The fraction of sp³-hybridized carbons (Fsp3) is 0.429. The highest BCUT2D eigenvalue weighted by atomic mass is 16.2. The van der Waals surface area contributed by atoms with Gasteiger partial charge in [0, 0.05) is 18.3 Å². The molecule has 0 saturated carbocycles. The Morgan fingerprint density at radius 2 is 2.10 bits per heavy atom. The Balaban J connectivity index is 2.04. The molecule has 0 unspecified atom stereocenters. The van der Waals surface area contributed by atoms with E-state index in [4.69, 9.17) is 0 Å². The average Bonchev–Trinajstić information content (AvgIpc) is 2.91. The summed E-state index contributed by atoms with van der Waals surface area (Å²) >= 11 is 0. The summed E-state index contributed by atoms with van der Waals surface area (Å²) in [6, 6.07) is 4.72. The van der Waals surface area contributed by atoms with Crippen molar-refractivity contribution < 1.29 is 4.79 Å². The molecule has 0 bridgehead atoms. The van der Waals surface area contributed by atoms with Crippen LogP contribution in [0.3, 0.4) is 0 Å². The second-order valence-corrected chi connectivity index (χ2v) is 5.15. The molecule has 0 aliphatic carbocycles. The predicted molar refractivity (Wildman–Crippen MR) is 77.7 cm³/mol. The lowest BCUT2D eigenvalue weighted by Crippen LogP contribution is -2.34. The quantitative estimate of drug-likeness (QED) is 0.886. The van der Waals surface area contributed by atoms with Crippen LogP contribution in [0.4, 0.5) is 0 Å². The zero-order chi connectivity index (χ0) is 15.4. The number of nitrogens with zero attached hydrogens (tertiary/aromatic N) is 4. The number of amides is 1. The summed E-state index contributed by atoms with van der Waals surface area (Å²) in [6.07, 6.45) is 3.23. The van der Waals surface area contributed by atoms with Crippen LogP contribution in [0.2, 0.25) is 0 Å². The Bertz CT molecular complexity index is 674. The van der Waals surface area contributed by atoms with Gasteiger partial charge in [-0.2, -0.15) is 0 Å². The van der Waals surface area contributed by atoms with Gasteiger partial charge in [-0.1, -0.05) is 6.07 Å². The zero-order valence-corrected chi connectivity index (χ0v) is 12.4. The van der Waals surface area contributed by atoms with Crippen LogP contribution in [0, 0.1) is 0 Å². The van der Waals surface area contributed by atoms with Gasteiger partial charge in [-0.05, 0) is 26.8 Å². The van der Waals surface area contributed by atoms with Gasteiger partial charge in [-0.15, -0.1) is 10.2 Å². The molecule has 1 amide bonds. The maximum absolute atomic E-state index is 12.0. The van der Waals surface area contributed by atoms with E-state index in [1.807, 2.05) is 25.3 Å². The van der Waals surface area contributed by atoms with Gasteiger partial charge in [0.25, 0.3) is 5.56 Å². The average molecular weight is 289 g/mol. The first-order chi connectivity index (χ1) is 9.99. The lowest BCUT2D eigenvalue weighted by molar-refractivity contribution is -0.122. The van der Waals surface area contributed by atoms with Gasteiger partial charge in [0.05, 0.1) is 6.04 Å². The molecule has 0 radical (unpaired) electrons. The standard InChI is InChI=1S/C14H19N5O2/c1-10(2)19-9-15-17-14(19)11(3)16-12(20)8-18-7-5-4-6-13(18)21/h4-7,9-11H,8H2,1-3H3,(H,16,20)/t11-/m0/s1. The van der Waals surface area contributed by atoms with E-state index in [0.717, 1.165) is 0 Å². The summed E-state index contributed by atoms with van der Waals surface area (Å²) in [5, 5.41) is 10.8. The Hall–Kier alpha value is -2.44. The molecule has 7 nitrogen and oxygen atoms in total. The van der Waals surface area contributed by atoms with Gasteiger partial charge in [-0.25, -0.2) is 0 Å². The number of rotatable bonds is 5. The Morgan fingerprint density at radius 3 is 2.76 bits per heavy atom. The second-order valence-electron chi connectivity index (χ2n) is 5.15. The molecule has 0 fully saturated rings. The van der Waals surface area contributed by atoms with Crippen molar-refractivity contribution in [1.29, 1.82) is 0 Å². The van der Waals surface area contributed by atoms with E-state index in [1.165, 1.54) is 10.6 Å². The summed E-state index contributed by atoms with van der Waals surface area (Å²) in [5.41, 5.74) is -0.203. The molecule has 0 aliphatic rings. The van der Waals surface area contributed by atoms with Crippen LogP contribution < -0.4 is 10.9 Å². The van der Waals surface area contributed by atoms with Crippen LogP contribution in [0.5, 0.6) is 0 Å². The smallest absolute Gasteiger partial charge is 0.250 e. The molecule has 112 valence electrons. The summed E-state index contributed by atoms with van der Waals surface area (Å²) in [7, 11) is 0. The molecule has 0 aliphatic heterocycles. The minimum atomic E-state index is -0.276. The van der Waals surface area contributed by atoms with Crippen LogP contribution in [-0.2, 0) is 11.3 Å². The third-order valence-corrected chi connectivity index (χ3v) is 3.13. The Labute approximate surface area is 122 Å². The van der Waals surface area contributed by atoms with Crippen molar-refractivity contribution in [1.82, 2.24) is 24.6 Å². The van der Waals surface area contributed by atoms with E-state index in [-0.39, 0.29) is 30.1 Å². The number of carbonyl (C=O) groups is 1. The first kappa shape index (κ1) is 15.0. The molecule has 0 saturated heterocycles. The SMILES string of the molecule is CC(C)n1cnnc1[C@H](C)NC(=O)Cn1ccccc1=O. The zero-order valence-electron chi connectivity index (χ0n) is 12.4. The molecule has 2 aromatic rings. The minimum absolute atomic E-state index is 0.0141. The number of carbonyl (C=O) groups excluding carboxylic acids is 1. The van der Waals surface area contributed by atoms with Crippen LogP contribution in [0.1, 0.15) is 38.7 Å². The van der Waals surface area contributed by atoms with Crippen LogP contribution in [0.15, 0.2) is 35.5 Å². The number of pyridine rings is 1.